The molecule has 4 atom stereocenters. The second-order valence-corrected chi connectivity index (χ2v) is 4.99. The Labute approximate surface area is 98.0 Å². The molecule has 0 aromatic carbocycles. The number of aliphatic hydroxyl groups is 1. The summed E-state index contributed by atoms with van der Waals surface area (Å²) in [6.07, 6.45) is 2.32. The third-order valence-electron chi connectivity index (χ3n) is 3.51. The summed E-state index contributed by atoms with van der Waals surface area (Å²) in [6.45, 7) is 8.08. The predicted octanol–water partition coefficient (Wildman–Crippen LogP) is 0.745. The fraction of sp³-hybridized carbons (Fsp3) is 0.917. The molecule has 0 unspecified atom stereocenters. The van der Waals surface area contributed by atoms with Crippen LogP contribution < -0.4 is 5.32 Å². The highest BCUT2D eigenvalue weighted by Crippen LogP contribution is 2.25. The van der Waals surface area contributed by atoms with Crippen LogP contribution in [0.5, 0.6) is 0 Å². The van der Waals surface area contributed by atoms with Crippen LogP contribution in [-0.4, -0.2) is 46.7 Å². The molecule has 1 saturated heterocycles. The van der Waals surface area contributed by atoms with E-state index in [9.17, 15) is 4.79 Å². The Hall–Kier alpha value is -0.610. The van der Waals surface area contributed by atoms with Gasteiger partial charge < -0.3 is 10.4 Å². The van der Waals surface area contributed by atoms with Crippen LogP contribution in [0.15, 0.2) is 0 Å². The fourth-order valence-electron chi connectivity index (χ4n) is 2.52. The van der Waals surface area contributed by atoms with Gasteiger partial charge >= 0.3 is 0 Å². The zero-order valence-corrected chi connectivity index (χ0v) is 10.7. The van der Waals surface area contributed by atoms with Gasteiger partial charge in [0.2, 0.25) is 5.91 Å². The Morgan fingerprint density at radius 2 is 1.88 bits per heavy atom. The van der Waals surface area contributed by atoms with Crippen LogP contribution in [0.25, 0.3) is 0 Å². The standard InChI is InChI=1S/C12H24N2O2/c1-8(7-15)13-12(16)11(4)14-9(2)5-6-10(14)3/h8-11,15H,5-7H2,1-4H3,(H,13,16)/t8-,9+,10+,11+/m0/s1. The summed E-state index contributed by atoms with van der Waals surface area (Å²) in [6, 6.07) is 0.671. The topological polar surface area (TPSA) is 52.6 Å². The Morgan fingerprint density at radius 3 is 2.31 bits per heavy atom. The van der Waals surface area contributed by atoms with Crippen molar-refractivity contribution >= 4 is 5.91 Å². The summed E-state index contributed by atoms with van der Waals surface area (Å²) >= 11 is 0. The average molecular weight is 228 g/mol. The molecule has 1 amide bonds. The van der Waals surface area contributed by atoms with Crippen LogP contribution in [0.4, 0.5) is 0 Å². The molecule has 1 rings (SSSR count). The van der Waals surface area contributed by atoms with Crippen LogP contribution in [0, 0.1) is 0 Å². The van der Waals surface area contributed by atoms with Gasteiger partial charge in [-0.2, -0.15) is 0 Å². The van der Waals surface area contributed by atoms with E-state index in [4.69, 9.17) is 5.11 Å². The number of nitrogens with zero attached hydrogens (tertiary/aromatic N) is 1. The van der Waals surface area contributed by atoms with E-state index in [1.807, 2.05) is 13.8 Å². The van der Waals surface area contributed by atoms with Crippen LogP contribution in [0.3, 0.4) is 0 Å². The van der Waals surface area contributed by atoms with Crippen molar-refractivity contribution in [2.45, 2.75) is 64.7 Å². The van der Waals surface area contributed by atoms with E-state index < -0.39 is 0 Å². The lowest BCUT2D eigenvalue weighted by Gasteiger charge is -2.32. The normalized spacial score (nSPS) is 30.1. The molecule has 1 aliphatic rings. The maximum Gasteiger partial charge on any atom is 0.237 e. The summed E-state index contributed by atoms with van der Waals surface area (Å²) in [5.74, 6) is 0.0159. The summed E-state index contributed by atoms with van der Waals surface area (Å²) < 4.78 is 0. The molecule has 0 bridgehead atoms. The van der Waals surface area contributed by atoms with E-state index in [0.29, 0.717) is 12.1 Å². The van der Waals surface area contributed by atoms with E-state index in [0.717, 1.165) is 12.8 Å². The van der Waals surface area contributed by atoms with Crippen molar-refractivity contribution in [3.05, 3.63) is 0 Å². The highest BCUT2D eigenvalue weighted by atomic mass is 16.3. The van der Waals surface area contributed by atoms with E-state index in [-0.39, 0.29) is 24.6 Å². The zero-order chi connectivity index (χ0) is 12.3. The van der Waals surface area contributed by atoms with E-state index in [1.165, 1.54) is 0 Å². The fourth-order valence-corrected chi connectivity index (χ4v) is 2.52. The summed E-state index contributed by atoms with van der Waals surface area (Å²) in [4.78, 5) is 14.2. The van der Waals surface area contributed by atoms with Gasteiger partial charge in [0.15, 0.2) is 0 Å². The minimum atomic E-state index is -0.164. The van der Waals surface area contributed by atoms with Crippen molar-refractivity contribution < 1.29 is 9.90 Å². The second kappa shape index (κ2) is 5.64. The maximum absolute atomic E-state index is 11.9. The zero-order valence-electron chi connectivity index (χ0n) is 10.7. The number of hydrogen-bond donors (Lipinski definition) is 2. The van der Waals surface area contributed by atoms with Gasteiger partial charge in [0, 0.05) is 18.1 Å². The first kappa shape index (κ1) is 13.5. The minimum absolute atomic E-state index is 0.0104. The number of hydrogen-bond acceptors (Lipinski definition) is 3. The molecular formula is C12H24N2O2. The summed E-state index contributed by atoms with van der Waals surface area (Å²) in [5.41, 5.74) is 0. The molecule has 4 nitrogen and oxygen atoms in total. The number of aliphatic hydroxyl groups excluding tert-OH is 1. The highest BCUT2D eigenvalue weighted by molar-refractivity contribution is 5.81. The van der Waals surface area contributed by atoms with Crippen molar-refractivity contribution in [3.63, 3.8) is 0 Å². The van der Waals surface area contributed by atoms with Crippen LogP contribution in [0.1, 0.15) is 40.5 Å². The number of carbonyl (C=O) groups is 1. The predicted molar refractivity (Wildman–Crippen MR) is 64.1 cm³/mol. The van der Waals surface area contributed by atoms with Crippen molar-refractivity contribution in [3.8, 4) is 0 Å². The largest absolute Gasteiger partial charge is 0.394 e. The second-order valence-electron chi connectivity index (χ2n) is 4.99. The third-order valence-corrected chi connectivity index (χ3v) is 3.51. The van der Waals surface area contributed by atoms with Crippen molar-refractivity contribution in [1.29, 1.82) is 0 Å². The SMILES string of the molecule is C[C@@H]1CC[C@@H](C)N1[C@H](C)C(=O)N[C@@H](C)CO. The lowest BCUT2D eigenvalue weighted by molar-refractivity contribution is -0.127. The molecule has 0 aromatic rings. The number of nitrogens with one attached hydrogen (secondary N) is 1. The first-order valence-corrected chi connectivity index (χ1v) is 6.16. The van der Waals surface area contributed by atoms with Crippen LogP contribution in [-0.2, 0) is 4.79 Å². The minimum Gasteiger partial charge on any atom is -0.394 e. The van der Waals surface area contributed by atoms with Gasteiger partial charge in [-0.15, -0.1) is 0 Å². The highest BCUT2D eigenvalue weighted by Gasteiger charge is 2.34. The molecular weight excluding hydrogens is 204 g/mol. The van der Waals surface area contributed by atoms with Crippen LogP contribution in [0.2, 0.25) is 0 Å². The molecule has 16 heavy (non-hydrogen) atoms. The molecule has 1 aliphatic heterocycles. The molecule has 0 spiro atoms. The molecule has 1 heterocycles. The van der Waals surface area contributed by atoms with Gasteiger partial charge in [-0.3, -0.25) is 9.69 Å². The third kappa shape index (κ3) is 2.95. The maximum atomic E-state index is 11.9. The van der Waals surface area contributed by atoms with Gasteiger partial charge in [-0.25, -0.2) is 0 Å². The smallest absolute Gasteiger partial charge is 0.237 e. The first-order chi connectivity index (χ1) is 7.47. The Bertz CT molecular complexity index is 235. The Morgan fingerprint density at radius 1 is 1.38 bits per heavy atom. The van der Waals surface area contributed by atoms with Gasteiger partial charge in [-0.05, 0) is 40.5 Å². The molecule has 0 aliphatic carbocycles. The Balaban J connectivity index is 2.55. The van der Waals surface area contributed by atoms with Gasteiger partial charge in [0.1, 0.15) is 0 Å². The van der Waals surface area contributed by atoms with Gasteiger partial charge in [-0.1, -0.05) is 0 Å². The molecule has 2 N–H and O–H groups in total. The number of amides is 1. The summed E-state index contributed by atoms with van der Waals surface area (Å²) in [5, 5.41) is 11.7. The quantitative estimate of drug-likeness (QED) is 0.746. The first-order valence-electron chi connectivity index (χ1n) is 6.16. The average Bonchev–Trinajstić information content (AvgIpc) is 2.57. The monoisotopic (exact) mass is 228 g/mol. The molecule has 0 aromatic heterocycles. The Kier molecular flexibility index (Phi) is 4.74. The number of carbonyl (C=O) groups excluding carboxylic acids is 1. The van der Waals surface area contributed by atoms with Gasteiger partial charge in [0.05, 0.1) is 12.6 Å². The van der Waals surface area contributed by atoms with E-state index in [1.54, 1.807) is 0 Å². The number of rotatable bonds is 4. The van der Waals surface area contributed by atoms with E-state index >= 15 is 0 Å². The van der Waals surface area contributed by atoms with Crippen molar-refractivity contribution in [2.75, 3.05) is 6.61 Å². The molecule has 94 valence electrons. The number of likely N-dealkylation sites (tertiary alicyclic amines) is 1. The lowest BCUT2D eigenvalue weighted by atomic mass is 10.2. The van der Waals surface area contributed by atoms with E-state index in [2.05, 4.69) is 24.1 Å². The molecule has 1 fully saturated rings. The molecule has 4 heteroatoms. The molecule has 0 saturated carbocycles. The summed E-state index contributed by atoms with van der Waals surface area (Å²) in [7, 11) is 0. The van der Waals surface area contributed by atoms with Gasteiger partial charge in [0.25, 0.3) is 0 Å². The van der Waals surface area contributed by atoms with Crippen LogP contribution >= 0.6 is 0 Å². The molecule has 0 radical (unpaired) electrons. The van der Waals surface area contributed by atoms with Crippen molar-refractivity contribution in [2.24, 2.45) is 0 Å². The lowest BCUT2D eigenvalue weighted by Crippen LogP contribution is -2.51. The van der Waals surface area contributed by atoms with Crippen molar-refractivity contribution in [1.82, 2.24) is 10.2 Å².